The van der Waals surface area contributed by atoms with Gasteiger partial charge in [-0.05, 0) is 42.0 Å². The van der Waals surface area contributed by atoms with Crippen LogP contribution < -0.4 is 4.74 Å². The first-order chi connectivity index (χ1) is 9.78. The second-order valence-electron chi connectivity index (χ2n) is 4.32. The summed E-state index contributed by atoms with van der Waals surface area (Å²) in [5.74, 6) is 1.92. The lowest BCUT2D eigenvalue weighted by Crippen LogP contribution is -1.89. The zero-order valence-electron chi connectivity index (χ0n) is 10.5. The van der Waals surface area contributed by atoms with Crippen LogP contribution in [-0.2, 0) is 5.88 Å². The highest BCUT2D eigenvalue weighted by Crippen LogP contribution is 2.32. The largest absolute Gasteiger partial charge is 0.455 e. The Hall–Kier alpha value is -1.77. The van der Waals surface area contributed by atoms with Gasteiger partial charge < -0.3 is 4.74 Å². The van der Waals surface area contributed by atoms with Crippen molar-refractivity contribution in [1.82, 2.24) is 4.98 Å². The quantitative estimate of drug-likeness (QED) is 0.603. The molecule has 0 fully saturated rings. The summed E-state index contributed by atoms with van der Waals surface area (Å²) in [5, 5.41) is 1.54. The molecule has 4 heteroatoms. The van der Waals surface area contributed by atoms with E-state index in [0.29, 0.717) is 16.7 Å². The Morgan fingerprint density at radius 2 is 1.80 bits per heavy atom. The number of halogens is 2. The number of hydrogen-bond acceptors (Lipinski definition) is 2. The van der Waals surface area contributed by atoms with Crippen molar-refractivity contribution in [2.24, 2.45) is 0 Å². The molecule has 20 heavy (non-hydrogen) atoms. The monoisotopic (exact) mass is 303 g/mol. The summed E-state index contributed by atoms with van der Waals surface area (Å²) < 4.78 is 5.88. The number of pyridine rings is 1. The molecule has 1 aromatic heterocycles. The van der Waals surface area contributed by atoms with E-state index in [-0.39, 0.29) is 0 Å². The van der Waals surface area contributed by atoms with Gasteiger partial charge in [0.15, 0.2) is 5.75 Å². The van der Waals surface area contributed by atoms with Crippen LogP contribution in [0.5, 0.6) is 11.5 Å². The van der Waals surface area contributed by atoms with Gasteiger partial charge in [0.25, 0.3) is 0 Å². The van der Waals surface area contributed by atoms with Crippen LogP contribution in [0.2, 0.25) is 5.02 Å². The van der Waals surface area contributed by atoms with Gasteiger partial charge in [-0.25, -0.2) is 0 Å². The molecule has 0 aliphatic rings. The SMILES string of the molecule is ClCc1ccc(Oc2ccc(Cl)c3cccnc23)cc1. The number of hydrogen-bond donors (Lipinski definition) is 0. The van der Waals surface area contributed by atoms with Gasteiger partial charge in [-0.15, -0.1) is 11.6 Å². The van der Waals surface area contributed by atoms with Gasteiger partial charge in [0.1, 0.15) is 11.3 Å². The maximum absolute atomic E-state index is 6.16. The van der Waals surface area contributed by atoms with Crippen LogP contribution in [0.1, 0.15) is 5.56 Å². The van der Waals surface area contributed by atoms with E-state index in [2.05, 4.69) is 4.98 Å². The summed E-state index contributed by atoms with van der Waals surface area (Å²) in [5.41, 5.74) is 1.81. The van der Waals surface area contributed by atoms with Gasteiger partial charge >= 0.3 is 0 Å². The summed E-state index contributed by atoms with van der Waals surface area (Å²) in [7, 11) is 0. The first-order valence-corrected chi connectivity index (χ1v) is 7.05. The Labute approximate surface area is 126 Å². The number of fused-ring (bicyclic) bond motifs is 1. The number of ether oxygens (including phenoxy) is 1. The first-order valence-electron chi connectivity index (χ1n) is 6.14. The molecule has 0 aliphatic carbocycles. The van der Waals surface area contributed by atoms with Crippen LogP contribution in [0.25, 0.3) is 10.9 Å². The van der Waals surface area contributed by atoms with Crippen molar-refractivity contribution in [3.63, 3.8) is 0 Å². The molecule has 1 heterocycles. The molecule has 0 spiro atoms. The van der Waals surface area contributed by atoms with Crippen LogP contribution in [0, 0.1) is 0 Å². The molecule has 3 aromatic rings. The maximum Gasteiger partial charge on any atom is 0.153 e. The number of benzene rings is 2. The summed E-state index contributed by atoms with van der Waals surface area (Å²) >= 11 is 11.9. The van der Waals surface area contributed by atoms with E-state index in [9.17, 15) is 0 Å². The zero-order chi connectivity index (χ0) is 13.9. The molecule has 0 radical (unpaired) electrons. The molecular formula is C16H11Cl2NO. The van der Waals surface area contributed by atoms with Crippen LogP contribution in [0.4, 0.5) is 0 Å². The van der Waals surface area contributed by atoms with Crippen LogP contribution in [0.15, 0.2) is 54.7 Å². The highest BCUT2D eigenvalue weighted by Gasteiger charge is 2.07. The summed E-state index contributed by atoms with van der Waals surface area (Å²) in [4.78, 5) is 4.34. The van der Waals surface area contributed by atoms with Gasteiger partial charge in [0.05, 0.1) is 5.02 Å². The Bertz CT molecular complexity index is 741. The molecule has 0 saturated heterocycles. The van der Waals surface area contributed by atoms with Crippen LogP contribution in [0.3, 0.4) is 0 Å². The molecular weight excluding hydrogens is 293 g/mol. The van der Waals surface area contributed by atoms with E-state index < -0.39 is 0 Å². The minimum Gasteiger partial charge on any atom is -0.455 e. The van der Waals surface area contributed by atoms with E-state index in [1.54, 1.807) is 6.20 Å². The van der Waals surface area contributed by atoms with Gasteiger partial charge in [0.2, 0.25) is 0 Å². The summed E-state index contributed by atoms with van der Waals surface area (Å²) in [6.07, 6.45) is 1.72. The van der Waals surface area contributed by atoms with E-state index in [4.69, 9.17) is 27.9 Å². The number of rotatable bonds is 3. The lowest BCUT2D eigenvalue weighted by atomic mass is 10.2. The average Bonchev–Trinajstić information content (AvgIpc) is 2.51. The topological polar surface area (TPSA) is 22.1 Å². The minimum absolute atomic E-state index is 0.492. The van der Waals surface area contributed by atoms with Gasteiger partial charge in [-0.2, -0.15) is 0 Å². The molecule has 0 amide bonds. The fraction of sp³-hybridized carbons (Fsp3) is 0.0625. The van der Waals surface area contributed by atoms with Crippen molar-refractivity contribution in [2.75, 3.05) is 0 Å². The number of aromatic nitrogens is 1. The third kappa shape index (κ3) is 2.58. The molecule has 2 nitrogen and oxygen atoms in total. The Morgan fingerprint density at radius 3 is 2.55 bits per heavy atom. The summed E-state index contributed by atoms with van der Waals surface area (Å²) in [6.45, 7) is 0. The molecule has 2 aromatic carbocycles. The van der Waals surface area contributed by atoms with Crippen LogP contribution >= 0.6 is 23.2 Å². The molecule has 0 unspecified atom stereocenters. The van der Waals surface area contributed by atoms with E-state index in [0.717, 1.165) is 22.2 Å². The third-order valence-corrected chi connectivity index (χ3v) is 3.62. The summed E-state index contributed by atoms with van der Waals surface area (Å²) in [6, 6.07) is 15.1. The van der Waals surface area contributed by atoms with Crippen molar-refractivity contribution in [2.45, 2.75) is 5.88 Å². The Balaban J connectivity index is 2.00. The number of alkyl halides is 1. The Kier molecular flexibility index (Phi) is 3.77. The van der Waals surface area contributed by atoms with E-state index >= 15 is 0 Å². The predicted molar refractivity (Wildman–Crippen MR) is 82.8 cm³/mol. The van der Waals surface area contributed by atoms with Gasteiger partial charge in [-0.1, -0.05) is 23.7 Å². The lowest BCUT2D eigenvalue weighted by molar-refractivity contribution is 0.487. The van der Waals surface area contributed by atoms with Crippen molar-refractivity contribution in [3.8, 4) is 11.5 Å². The third-order valence-electron chi connectivity index (χ3n) is 2.98. The molecule has 100 valence electrons. The predicted octanol–water partition coefficient (Wildman–Crippen LogP) is 5.42. The van der Waals surface area contributed by atoms with E-state index in [1.165, 1.54) is 0 Å². The fourth-order valence-electron chi connectivity index (χ4n) is 1.97. The molecule has 0 atom stereocenters. The smallest absolute Gasteiger partial charge is 0.153 e. The van der Waals surface area contributed by atoms with Crippen molar-refractivity contribution >= 4 is 34.1 Å². The fourth-order valence-corrected chi connectivity index (χ4v) is 2.36. The molecule has 0 aliphatic heterocycles. The van der Waals surface area contributed by atoms with Crippen molar-refractivity contribution < 1.29 is 4.74 Å². The molecule has 0 N–H and O–H groups in total. The lowest BCUT2D eigenvalue weighted by Gasteiger charge is -2.09. The normalized spacial score (nSPS) is 10.7. The average molecular weight is 304 g/mol. The first kappa shape index (κ1) is 13.2. The highest BCUT2D eigenvalue weighted by atomic mass is 35.5. The molecule has 0 saturated carbocycles. The Morgan fingerprint density at radius 1 is 1.00 bits per heavy atom. The van der Waals surface area contributed by atoms with Gasteiger partial charge in [0, 0.05) is 17.5 Å². The van der Waals surface area contributed by atoms with Crippen molar-refractivity contribution in [1.29, 1.82) is 0 Å². The molecule has 3 rings (SSSR count). The standard InChI is InChI=1S/C16H11Cl2NO/c17-10-11-3-5-12(6-4-11)20-15-8-7-14(18)13-2-1-9-19-16(13)15/h1-9H,10H2. The minimum atomic E-state index is 0.492. The highest BCUT2D eigenvalue weighted by molar-refractivity contribution is 6.35. The molecule has 0 bridgehead atoms. The number of nitrogens with zero attached hydrogens (tertiary/aromatic N) is 1. The van der Waals surface area contributed by atoms with E-state index in [1.807, 2.05) is 48.5 Å². The van der Waals surface area contributed by atoms with Crippen molar-refractivity contribution in [3.05, 3.63) is 65.3 Å². The second kappa shape index (κ2) is 5.70. The zero-order valence-corrected chi connectivity index (χ0v) is 12.0. The maximum atomic E-state index is 6.16. The van der Waals surface area contributed by atoms with Gasteiger partial charge in [-0.3, -0.25) is 4.98 Å². The van der Waals surface area contributed by atoms with Crippen LogP contribution in [-0.4, -0.2) is 4.98 Å². The second-order valence-corrected chi connectivity index (χ2v) is 5.00.